The maximum Gasteiger partial charge on any atom is 0.214 e. The van der Waals surface area contributed by atoms with Crippen LogP contribution < -0.4 is 15.1 Å². The van der Waals surface area contributed by atoms with Crippen molar-refractivity contribution in [1.82, 2.24) is 5.32 Å². The van der Waals surface area contributed by atoms with E-state index in [0.717, 1.165) is 29.9 Å². The van der Waals surface area contributed by atoms with Crippen LogP contribution in [0.3, 0.4) is 0 Å². The van der Waals surface area contributed by atoms with E-state index < -0.39 is 0 Å². The molecule has 3 aromatic carbocycles. The molecule has 0 aromatic heterocycles. The van der Waals surface area contributed by atoms with Crippen LogP contribution in [0.25, 0.3) is 11.1 Å². The normalized spacial score (nSPS) is 12.2. The second-order valence-electron chi connectivity index (χ2n) is 7.57. The lowest BCUT2D eigenvalue weighted by molar-refractivity contribution is -0.107. The lowest BCUT2D eigenvalue weighted by Gasteiger charge is -2.24. The van der Waals surface area contributed by atoms with Gasteiger partial charge in [-0.15, -0.1) is 0 Å². The van der Waals surface area contributed by atoms with Crippen LogP contribution in [0.2, 0.25) is 0 Å². The van der Waals surface area contributed by atoms with E-state index in [4.69, 9.17) is 0 Å². The van der Waals surface area contributed by atoms with Gasteiger partial charge in [-0.25, -0.2) is 0 Å². The summed E-state index contributed by atoms with van der Waals surface area (Å²) in [5.74, 6) is 0. The Balaban J connectivity index is 0.000000572. The summed E-state index contributed by atoms with van der Waals surface area (Å²) in [5, 5.41) is 3.11. The van der Waals surface area contributed by atoms with Gasteiger partial charge < -0.3 is 15.1 Å². The molecule has 0 aliphatic carbocycles. The fourth-order valence-electron chi connectivity index (χ4n) is 3.08. The van der Waals surface area contributed by atoms with Crippen molar-refractivity contribution in [3.8, 4) is 11.1 Å². The van der Waals surface area contributed by atoms with Crippen molar-refractivity contribution in [2.75, 3.05) is 43.0 Å². The maximum absolute atomic E-state index is 11.6. The second-order valence-corrected chi connectivity index (χ2v) is 7.57. The van der Waals surface area contributed by atoms with Crippen LogP contribution >= 0.6 is 0 Å². The summed E-state index contributed by atoms with van der Waals surface area (Å²) in [6.45, 7) is 5.98. The molecular weight excluding hydrogens is 370 g/mol. The molecule has 1 aliphatic rings. The molecule has 3 aromatic rings. The summed E-state index contributed by atoms with van der Waals surface area (Å²) in [7, 11) is 2.05. The molecule has 1 fully saturated rings. The van der Waals surface area contributed by atoms with Crippen LogP contribution in [0.4, 0.5) is 11.4 Å². The van der Waals surface area contributed by atoms with Gasteiger partial charge in [0, 0.05) is 31.5 Å². The van der Waals surface area contributed by atoms with Crippen molar-refractivity contribution in [1.29, 1.82) is 0 Å². The van der Waals surface area contributed by atoms with Gasteiger partial charge in [-0.2, -0.15) is 0 Å². The van der Waals surface area contributed by atoms with Gasteiger partial charge in [0.15, 0.2) is 0 Å². The minimum atomic E-state index is 0.637. The minimum absolute atomic E-state index is 0.637. The Hall–Kier alpha value is -3.11. The van der Waals surface area contributed by atoms with Gasteiger partial charge in [0.05, 0.1) is 0 Å². The third-order valence-electron chi connectivity index (χ3n) is 5.29. The monoisotopic (exact) mass is 401 g/mol. The van der Waals surface area contributed by atoms with Crippen LogP contribution in [0.1, 0.15) is 12.0 Å². The average Bonchev–Trinajstić information content (AvgIpc) is 2.74. The zero-order valence-corrected chi connectivity index (χ0v) is 17.9. The smallest absolute Gasteiger partial charge is 0.214 e. The molecule has 0 saturated carbocycles. The third-order valence-corrected chi connectivity index (χ3v) is 5.29. The standard InChI is InChI=1S/C23H24N2O.C3H7N/c1-19-8-12-22(13-9-19)24(2)16-17-25(18-26)23-14-10-21(11-15-23)20-6-4-3-5-7-20;1-2-4-3-1/h3-15,18H,16-17H2,1-2H3;4H,1-3H2. The minimum Gasteiger partial charge on any atom is -0.373 e. The quantitative estimate of drug-likeness (QED) is 0.581. The zero-order valence-electron chi connectivity index (χ0n) is 17.9. The van der Waals surface area contributed by atoms with Gasteiger partial charge in [-0.3, -0.25) is 4.79 Å². The van der Waals surface area contributed by atoms with Crippen LogP contribution in [0.5, 0.6) is 0 Å². The van der Waals surface area contributed by atoms with E-state index in [1.807, 2.05) is 37.4 Å². The van der Waals surface area contributed by atoms with Gasteiger partial charge in [0.25, 0.3) is 0 Å². The molecule has 1 aliphatic heterocycles. The number of benzene rings is 3. The predicted molar refractivity (Wildman–Crippen MR) is 127 cm³/mol. The van der Waals surface area contributed by atoms with Crippen molar-refractivity contribution in [2.24, 2.45) is 0 Å². The molecule has 30 heavy (non-hydrogen) atoms. The Morgan fingerprint density at radius 1 is 0.800 bits per heavy atom. The number of nitrogens with zero attached hydrogens (tertiary/aromatic N) is 2. The Morgan fingerprint density at radius 3 is 1.87 bits per heavy atom. The summed E-state index contributed by atoms with van der Waals surface area (Å²) in [4.78, 5) is 15.5. The number of nitrogens with one attached hydrogen (secondary N) is 1. The lowest BCUT2D eigenvalue weighted by Crippen LogP contribution is -2.32. The van der Waals surface area contributed by atoms with Gasteiger partial charge in [-0.1, -0.05) is 60.2 Å². The van der Waals surface area contributed by atoms with E-state index in [-0.39, 0.29) is 0 Å². The molecule has 1 saturated heterocycles. The van der Waals surface area contributed by atoms with Crippen LogP contribution in [0, 0.1) is 6.92 Å². The summed E-state index contributed by atoms with van der Waals surface area (Å²) < 4.78 is 0. The van der Waals surface area contributed by atoms with E-state index in [1.165, 1.54) is 30.6 Å². The van der Waals surface area contributed by atoms with Crippen LogP contribution in [0.15, 0.2) is 78.9 Å². The Labute approximate surface area is 180 Å². The number of amides is 1. The molecule has 4 rings (SSSR count). The molecule has 0 atom stereocenters. The highest BCUT2D eigenvalue weighted by atomic mass is 16.1. The summed E-state index contributed by atoms with van der Waals surface area (Å²) in [6.07, 6.45) is 2.29. The number of anilines is 2. The number of aryl methyl sites for hydroxylation is 1. The zero-order chi connectivity index (χ0) is 21.2. The van der Waals surface area contributed by atoms with E-state index >= 15 is 0 Å². The van der Waals surface area contributed by atoms with Crippen molar-refractivity contribution in [3.05, 3.63) is 84.4 Å². The molecule has 4 heteroatoms. The lowest BCUT2D eigenvalue weighted by atomic mass is 10.1. The van der Waals surface area contributed by atoms with Gasteiger partial charge in [0.2, 0.25) is 6.41 Å². The fourth-order valence-corrected chi connectivity index (χ4v) is 3.08. The van der Waals surface area contributed by atoms with E-state index in [9.17, 15) is 4.79 Å². The highest BCUT2D eigenvalue weighted by Crippen LogP contribution is 2.22. The Morgan fingerprint density at radius 2 is 1.33 bits per heavy atom. The molecule has 1 N–H and O–H groups in total. The highest BCUT2D eigenvalue weighted by Gasteiger charge is 2.08. The van der Waals surface area contributed by atoms with Gasteiger partial charge in [-0.05, 0) is 61.8 Å². The first-order valence-electron chi connectivity index (χ1n) is 10.5. The van der Waals surface area contributed by atoms with Crippen molar-refractivity contribution < 1.29 is 4.79 Å². The van der Waals surface area contributed by atoms with E-state index in [0.29, 0.717) is 6.54 Å². The fraction of sp³-hybridized carbons (Fsp3) is 0.269. The first-order chi connectivity index (χ1) is 14.7. The topological polar surface area (TPSA) is 35.6 Å². The number of hydrogen-bond donors (Lipinski definition) is 1. The first kappa shape index (κ1) is 21.6. The third kappa shape index (κ3) is 6.19. The maximum atomic E-state index is 11.6. The average molecular weight is 402 g/mol. The summed E-state index contributed by atoms with van der Waals surface area (Å²) in [5.41, 5.74) is 5.64. The van der Waals surface area contributed by atoms with E-state index in [2.05, 4.69) is 65.7 Å². The number of likely N-dealkylation sites (N-methyl/N-ethyl adjacent to an activating group) is 1. The molecule has 0 unspecified atom stereocenters. The van der Waals surface area contributed by atoms with Gasteiger partial charge >= 0.3 is 0 Å². The van der Waals surface area contributed by atoms with Crippen LogP contribution in [-0.4, -0.2) is 39.6 Å². The summed E-state index contributed by atoms with van der Waals surface area (Å²) in [6, 6.07) is 26.8. The SMILES string of the molecule is C1CNC1.Cc1ccc(N(C)CCN(C=O)c2ccc(-c3ccccc3)cc2)cc1. The van der Waals surface area contributed by atoms with Crippen molar-refractivity contribution in [3.63, 3.8) is 0 Å². The molecule has 4 nitrogen and oxygen atoms in total. The number of carbonyl (C=O) groups excluding carboxylic acids is 1. The Bertz CT molecular complexity index is 884. The predicted octanol–water partition coefficient (Wildman–Crippen LogP) is 4.74. The molecular formula is C26H31N3O. The first-order valence-corrected chi connectivity index (χ1v) is 10.5. The van der Waals surface area contributed by atoms with Crippen LogP contribution in [-0.2, 0) is 4.79 Å². The van der Waals surface area contributed by atoms with Crippen molar-refractivity contribution >= 4 is 17.8 Å². The largest absolute Gasteiger partial charge is 0.373 e. The number of hydrogen-bond acceptors (Lipinski definition) is 3. The highest BCUT2D eigenvalue weighted by molar-refractivity contribution is 5.77. The molecule has 0 spiro atoms. The van der Waals surface area contributed by atoms with Crippen molar-refractivity contribution in [2.45, 2.75) is 13.3 Å². The number of carbonyl (C=O) groups is 1. The molecule has 156 valence electrons. The van der Waals surface area contributed by atoms with E-state index in [1.54, 1.807) is 4.90 Å². The van der Waals surface area contributed by atoms with Gasteiger partial charge in [0.1, 0.15) is 0 Å². The summed E-state index contributed by atoms with van der Waals surface area (Å²) >= 11 is 0. The molecule has 0 radical (unpaired) electrons. The molecule has 1 heterocycles. The molecule has 0 bridgehead atoms. The number of rotatable bonds is 7. The second kappa shape index (κ2) is 11.2. The Kier molecular flexibility index (Phi) is 8.04. The molecule has 1 amide bonds.